The summed E-state index contributed by atoms with van der Waals surface area (Å²) < 4.78 is 25.5. The Kier molecular flexibility index (Phi) is 7.31. The van der Waals surface area contributed by atoms with E-state index in [9.17, 15) is 14.0 Å². The maximum atomic E-state index is 13.7. The predicted molar refractivity (Wildman–Crippen MR) is 112 cm³/mol. The van der Waals surface area contributed by atoms with Gasteiger partial charge in [0.2, 0.25) is 5.91 Å². The first-order chi connectivity index (χ1) is 15.0. The summed E-state index contributed by atoms with van der Waals surface area (Å²) >= 11 is 0. The molecule has 3 rings (SSSR count). The molecule has 0 fully saturated rings. The van der Waals surface area contributed by atoms with Crippen molar-refractivity contribution in [3.05, 3.63) is 54.3 Å². The second-order valence-electron chi connectivity index (χ2n) is 6.47. The van der Waals surface area contributed by atoms with Gasteiger partial charge < -0.3 is 14.8 Å². The quantitative estimate of drug-likeness (QED) is 0.524. The van der Waals surface area contributed by atoms with Crippen LogP contribution in [0.3, 0.4) is 0 Å². The van der Waals surface area contributed by atoms with Gasteiger partial charge >= 0.3 is 12.0 Å². The van der Waals surface area contributed by atoms with Crippen LogP contribution in [0.4, 0.5) is 10.1 Å². The molecule has 1 heterocycles. The Morgan fingerprint density at radius 3 is 2.52 bits per heavy atom. The molecule has 9 heteroatoms. The number of rotatable bonds is 9. The number of esters is 1. The van der Waals surface area contributed by atoms with E-state index in [0.717, 1.165) is 0 Å². The van der Waals surface area contributed by atoms with Crippen LogP contribution in [-0.4, -0.2) is 39.9 Å². The molecule has 1 N–H and O–H groups in total. The highest BCUT2D eigenvalue weighted by molar-refractivity contribution is 5.92. The Morgan fingerprint density at radius 1 is 1.06 bits per heavy atom. The average molecular weight is 426 g/mol. The van der Waals surface area contributed by atoms with Gasteiger partial charge in [0.1, 0.15) is 5.82 Å². The molecule has 0 aliphatic carbocycles. The fourth-order valence-electron chi connectivity index (χ4n) is 2.84. The first kappa shape index (κ1) is 21.9. The number of halogens is 1. The largest absolute Gasteiger partial charge is 0.466 e. The van der Waals surface area contributed by atoms with Crippen LogP contribution in [0.25, 0.3) is 17.1 Å². The van der Waals surface area contributed by atoms with E-state index in [0.29, 0.717) is 29.4 Å². The summed E-state index contributed by atoms with van der Waals surface area (Å²) in [6.45, 7) is 4.21. The maximum Gasteiger partial charge on any atom is 0.336 e. The summed E-state index contributed by atoms with van der Waals surface area (Å²) in [5.74, 6) is -0.658. The Morgan fingerprint density at radius 2 is 1.84 bits per heavy atom. The van der Waals surface area contributed by atoms with Crippen LogP contribution in [0.15, 0.2) is 48.5 Å². The first-order valence-corrected chi connectivity index (χ1v) is 9.91. The minimum absolute atomic E-state index is 0.0217. The molecular formula is C22H23FN4O4. The van der Waals surface area contributed by atoms with E-state index in [1.165, 1.54) is 12.1 Å². The third-order valence-electron chi connectivity index (χ3n) is 4.20. The van der Waals surface area contributed by atoms with Crippen molar-refractivity contribution < 1.29 is 23.5 Å². The summed E-state index contributed by atoms with van der Waals surface area (Å²) in [5.41, 5.74) is 1.77. The average Bonchev–Trinajstić information content (AvgIpc) is 3.17. The molecule has 0 aliphatic rings. The Bertz CT molecular complexity index is 1050. The van der Waals surface area contributed by atoms with Gasteiger partial charge in [-0.1, -0.05) is 12.1 Å². The summed E-state index contributed by atoms with van der Waals surface area (Å²) in [6, 6.07) is 13.1. The van der Waals surface area contributed by atoms with E-state index >= 15 is 0 Å². The third-order valence-corrected chi connectivity index (χ3v) is 4.20. The molecule has 2 aromatic carbocycles. The standard InChI is InChI=1S/C22H23FN4O4/c1-3-30-20(29)13-12-19(28)24-17-8-10-18(11-9-17)27-21(25-22(26-27)31-4-2)15-6-5-7-16(23)14-15/h5-11,14H,3-4,12-13H2,1-2H3,(H,24,28). The SMILES string of the molecule is CCOC(=O)CCC(=O)Nc1ccc(-n2nc(OCC)nc2-c2cccc(F)c2)cc1. The number of benzene rings is 2. The Labute approximate surface area is 179 Å². The van der Waals surface area contributed by atoms with Gasteiger partial charge in [-0.3, -0.25) is 9.59 Å². The molecule has 3 aromatic rings. The lowest BCUT2D eigenvalue weighted by Crippen LogP contribution is -2.14. The van der Waals surface area contributed by atoms with Gasteiger partial charge in [0, 0.05) is 17.7 Å². The van der Waals surface area contributed by atoms with Gasteiger partial charge in [-0.2, -0.15) is 4.98 Å². The van der Waals surface area contributed by atoms with Crippen LogP contribution in [0.1, 0.15) is 26.7 Å². The molecule has 0 atom stereocenters. The van der Waals surface area contributed by atoms with Gasteiger partial charge in [-0.15, -0.1) is 5.10 Å². The van der Waals surface area contributed by atoms with Crippen LogP contribution < -0.4 is 10.1 Å². The molecule has 162 valence electrons. The lowest BCUT2D eigenvalue weighted by molar-refractivity contribution is -0.144. The number of ether oxygens (including phenoxy) is 2. The highest BCUT2D eigenvalue weighted by Gasteiger charge is 2.15. The molecule has 8 nitrogen and oxygen atoms in total. The fourth-order valence-corrected chi connectivity index (χ4v) is 2.84. The summed E-state index contributed by atoms with van der Waals surface area (Å²) in [6.07, 6.45) is 0.0546. The molecule has 0 bridgehead atoms. The van der Waals surface area contributed by atoms with Gasteiger partial charge in [-0.25, -0.2) is 9.07 Å². The number of anilines is 1. The Hall–Kier alpha value is -3.75. The zero-order chi connectivity index (χ0) is 22.2. The van der Waals surface area contributed by atoms with Crippen molar-refractivity contribution in [3.8, 4) is 23.1 Å². The molecule has 0 aliphatic heterocycles. The van der Waals surface area contributed by atoms with Gasteiger partial charge in [0.25, 0.3) is 0 Å². The van der Waals surface area contributed by atoms with Crippen molar-refractivity contribution in [2.75, 3.05) is 18.5 Å². The smallest absolute Gasteiger partial charge is 0.336 e. The minimum atomic E-state index is -0.408. The monoisotopic (exact) mass is 426 g/mol. The lowest BCUT2D eigenvalue weighted by Gasteiger charge is -2.08. The number of hydrogen-bond acceptors (Lipinski definition) is 6. The number of amides is 1. The third kappa shape index (κ3) is 5.88. The normalized spacial score (nSPS) is 10.5. The van der Waals surface area contributed by atoms with Crippen molar-refractivity contribution in [1.29, 1.82) is 0 Å². The van der Waals surface area contributed by atoms with E-state index in [1.807, 2.05) is 6.92 Å². The fraction of sp³-hybridized carbons (Fsp3) is 0.273. The number of aromatic nitrogens is 3. The van der Waals surface area contributed by atoms with Crippen molar-refractivity contribution in [1.82, 2.24) is 14.8 Å². The van der Waals surface area contributed by atoms with Crippen molar-refractivity contribution in [2.45, 2.75) is 26.7 Å². The van der Waals surface area contributed by atoms with Crippen LogP contribution in [0.5, 0.6) is 6.01 Å². The van der Waals surface area contributed by atoms with E-state index in [4.69, 9.17) is 9.47 Å². The van der Waals surface area contributed by atoms with Crippen LogP contribution >= 0.6 is 0 Å². The van der Waals surface area contributed by atoms with Crippen molar-refractivity contribution >= 4 is 17.6 Å². The molecule has 0 saturated heterocycles. The summed E-state index contributed by atoms with van der Waals surface area (Å²) in [5, 5.41) is 7.09. The summed E-state index contributed by atoms with van der Waals surface area (Å²) in [7, 11) is 0. The molecule has 1 amide bonds. The molecule has 0 spiro atoms. The molecule has 0 saturated carbocycles. The number of carbonyl (C=O) groups excluding carboxylic acids is 2. The van der Waals surface area contributed by atoms with Gasteiger partial charge in [0.05, 0.1) is 25.3 Å². The second-order valence-corrected chi connectivity index (χ2v) is 6.47. The van der Waals surface area contributed by atoms with E-state index in [-0.39, 0.29) is 37.2 Å². The van der Waals surface area contributed by atoms with Crippen LogP contribution in [0, 0.1) is 5.82 Å². The van der Waals surface area contributed by atoms with Gasteiger partial charge in [0.15, 0.2) is 5.82 Å². The highest BCUT2D eigenvalue weighted by atomic mass is 19.1. The second kappa shape index (κ2) is 10.3. The van der Waals surface area contributed by atoms with E-state index < -0.39 is 5.97 Å². The van der Waals surface area contributed by atoms with E-state index in [1.54, 1.807) is 48.0 Å². The van der Waals surface area contributed by atoms with Crippen molar-refractivity contribution in [2.24, 2.45) is 0 Å². The topological polar surface area (TPSA) is 95.3 Å². The zero-order valence-electron chi connectivity index (χ0n) is 17.3. The number of carbonyl (C=O) groups is 2. The molecule has 0 unspecified atom stereocenters. The van der Waals surface area contributed by atoms with Crippen LogP contribution in [-0.2, 0) is 14.3 Å². The number of nitrogens with one attached hydrogen (secondary N) is 1. The van der Waals surface area contributed by atoms with Gasteiger partial charge in [-0.05, 0) is 50.2 Å². The van der Waals surface area contributed by atoms with Crippen LogP contribution in [0.2, 0.25) is 0 Å². The molecule has 31 heavy (non-hydrogen) atoms. The first-order valence-electron chi connectivity index (χ1n) is 9.91. The van der Waals surface area contributed by atoms with E-state index in [2.05, 4.69) is 15.4 Å². The number of nitrogens with zero attached hydrogens (tertiary/aromatic N) is 3. The minimum Gasteiger partial charge on any atom is -0.466 e. The molecular weight excluding hydrogens is 403 g/mol. The molecule has 1 aromatic heterocycles. The Balaban J connectivity index is 1.77. The highest BCUT2D eigenvalue weighted by Crippen LogP contribution is 2.25. The molecule has 0 radical (unpaired) electrons. The summed E-state index contributed by atoms with van der Waals surface area (Å²) in [4.78, 5) is 27.8. The number of hydrogen-bond donors (Lipinski definition) is 1. The van der Waals surface area contributed by atoms with Crippen molar-refractivity contribution in [3.63, 3.8) is 0 Å². The predicted octanol–water partition coefficient (Wildman–Crippen LogP) is 3.75. The maximum absolute atomic E-state index is 13.7. The lowest BCUT2D eigenvalue weighted by atomic mass is 10.2. The zero-order valence-corrected chi connectivity index (χ0v) is 17.3.